The fourth-order valence-electron chi connectivity index (χ4n) is 1.89. The van der Waals surface area contributed by atoms with Gasteiger partial charge in [0.2, 0.25) is 0 Å². The van der Waals surface area contributed by atoms with Crippen molar-refractivity contribution < 1.29 is 0 Å². The molecule has 1 aromatic carbocycles. The summed E-state index contributed by atoms with van der Waals surface area (Å²) in [6, 6.07) is 13.0. The number of anilines is 1. The summed E-state index contributed by atoms with van der Waals surface area (Å²) >= 11 is 0. The van der Waals surface area contributed by atoms with Gasteiger partial charge in [0, 0.05) is 29.7 Å². The molecule has 3 rings (SSSR count). The van der Waals surface area contributed by atoms with Crippen LogP contribution in [0.1, 0.15) is 5.56 Å². The lowest BCUT2D eigenvalue weighted by atomic mass is 10.1. The smallest absolute Gasteiger partial charge is 0.154 e. The number of nitrogen functional groups attached to an aromatic ring is 1. The topological polar surface area (TPSA) is 80.5 Å². The van der Waals surface area contributed by atoms with Gasteiger partial charge >= 0.3 is 0 Å². The zero-order valence-corrected chi connectivity index (χ0v) is 10.6. The maximum atomic E-state index is 8.90. The molecule has 0 fully saturated rings. The molecule has 3 aromatic rings. The minimum absolute atomic E-state index is 0.555. The third-order valence-corrected chi connectivity index (χ3v) is 2.94. The van der Waals surface area contributed by atoms with Gasteiger partial charge in [0.1, 0.15) is 0 Å². The molecule has 5 heteroatoms. The van der Waals surface area contributed by atoms with Gasteiger partial charge in [0.25, 0.3) is 0 Å². The van der Waals surface area contributed by atoms with Crippen molar-refractivity contribution in [1.29, 1.82) is 5.26 Å². The molecule has 0 aliphatic heterocycles. The minimum Gasteiger partial charge on any atom is -0.399 e. The summed E-state index contributed by atoms with van der Waals surface area (Å²) in [6.45, 7) is 0. The molecular formula is C15H11N5. The number of nitriles is 1. The van der Waals surface area contributed by atoms with E-state index in [2.05, 4.69) is 16.2 Å². The second kappa shape index (κ2) is 4.86. The molecule has 2 aromatic heterocycles. The molecule has 0 saturated heterocycles. The standard InChI is InChI=1S/C15H11N5/c16-8-11-5-6-18-15(7-11)20-10-13(9-19-20)12-1-3-14(17)4-2-12/h1-7,9-10H,17H2. The first-order valence-corrected chi connectivity index (χ1v) is 6.03. The monoisotopic (exact) mass is 261 g/mol. The van der Waals surface area contributed by atoms with Crippen molar-refractivity contribution in [2.45, 2.75) is 0 Å². The molecule has 0 aliphatic rings. The van der Waals surface area contributed by atoms with Crippen molar-refractivity contribution in [2.24, 2.45) is 0 Å². The Morgan fingerprint density at radius 2 is 1.90 bits per heavy atom. The summed E-state index contributed by atoms with van der Waals surface area (Å²) in [7, 11) is 0. The first-order chi connectivity index (χ1) is 9.76. The van der Waals surface area contributed by atoms with Crippen LogP contribution < -0.4 is 5.73 Å². The number of pyridine rings is 1. The van der Waals surface area contributed by atoms with Gasteiger partial charge in [-0.2, -0.15) is 10.4 Å². The molecule has 0 atom stereocenters. The summed E-state index contributed by atoms with van der Waals surface area (Å²) in [5.41, 5.74) is 8.95. The lowest BCUT2D eigenvalue weighted by Crippen LogP contribution is -1.97. The molecule has 0 bridgehead atoms. The van der Waals surface area contributed by atoms with E-state index in [-0.39, 0.29) is 0 Å². The first kappa shape index (κ1) is 11.9. The van der Waals surface area contributed by atoms with Crippen LogP contribution in [0.2, 0.25) is 0 Å². The lowest BCUT2D eigenvalue weighted by molar-refractivity contribution is 0.846. The molecule has 5 nitrogen and oxygen atoms in total. The van der Waals surface area contributed by atoms with E-state index in [1.807, 2.05) is 30.5 Å². The molecule has 0 unspecified atom stereocenters. The van der Waals surface area contributed by atoms with Gasteiger partial charge in [-0.15, -0.1) is 0 Å². The van der Waals surface area contributed by atoms with Gasteiger partial charge in [-0.1, -0.05) is 12.1 Å². The fraction of sp³-hybridized carbons (Fsp3) is 0. The molecule has 0 amide bonds. The minimum atomic E-state index is 0.555. The highest BCUT2D eigenvalue weighted by molar-refractivity contribution is 5.64. The Labute approximate surface area is 115 Å². The molecule has 96 valence electrons. The van der Waals surface area contributed by atoms with E-state index >= 15 is 0 Å². The number of aromatic nitrogens is 3. The zero-order chi connectivity index (χ0) is 13.9. The number of hydrogen-bond donors (Lipinski definition) is 1. The van der Waals surface area contributed by atoms with E-state index in [0.717, 1.165) is 16.8 Å². The predicted octanol–water partition coefficient (Wildman–Crippen LogP) is 2.39. The van der Waals surface area contributed by atoms with Gasteiger partial charge in [-0.25, -0.2) is 9.67 Å². The van der Waals surface area contributed by atoms with Crippen LogP contribution >= 0.6 is 0 Å². The van der Waals surface area contributed by atoms with Crippen LogP contribution in [0.4, 0.5) is 5.69 Å². The summed E-state index contributed by atoms with van der Waals surface area (Å²) in [5, 5.41) is 13.2. The largest absolute Gasteiger partial charge is 0.399 e. The fourth-order valence-corrected chi connectivity index (χ4v) is 1.89. The molecule has 0 radical (unpaired) electrons. The second-order valence-corrected chi connectivity index (χ2v) is 4.31. The Kier molecular flexibility index (Phi) is 2.90. The maximum absolute atomic E-state index is 8.90. The average Bonchev–Trinajstić information content (AvgIpc) is 2.98. The van der Waals surface area contributed by atoms with Crippen molar-refractivity contribution in [3.63, 3.8) is 0 Å². The average molecular weight is 261 g/mol. The highest BCUT2D eigenvalue weighted by atomic mass is 15.3. The summed E-state index contributed by atoms with van der Waals surface area (Å²) in [5.74, 6) is 0.616. The van der Waals surface area contributed by atoms with E-state index < -0.39 is 0 Å². The van der Waals surface area contributed by atoms with Gasteiger partial charge in [0.15, 0.2) is 5.82 Å². The highest BCUT2D eigenvalue weighted by Gasteiger charge is 2.05. The summed E-state index contributed by atoms with van der Waals surface area (Å²) < 4.78 is 1.65. The Bertz CT molecular complexity index is 781. The lowest BCUT2D eigenvalue weighted by Gasteiger charge is -2.00. The molecule has 2 N–H and O–H groups in total. The number of hydrogen-bond acceptors (Lipinski definition) is 4. The molecule has 20 heavy (non-hydrogen) atoms. The first-order valence-electron chi connectivity index (χ1n) is 6.03. The number of benzene rings is 1. The molecule has 0 saturated carbocycles. The van der Waals surface area contributed by atoms with E-state index in [4.69, 9.17) is 11.0 Å². The van der Waals surface area contributed by atoms with Gasteiger partial charge in [-0.05, 0) is 23.8 Å². The third kappa shape index (κ3) is 2.22. The predicted molar refractivity (Wildman–Crippen MR) is 75.9 cm³/mol. The van der Waals surface area contributed by atoms with Crippen LogP contribution in [0.3, 0.4) is 0 Å². The number of nitrogens with zero attached hydrogens (tertiary/aromatic N) is 4. The van der Waals surface area contributed by atoms with Crippen molar-refractivity contribution >= 4 is 5.69 Å². The van der Waals surface area contributed by atoms with Crippen molar-refractivity contribution in [1.82, 2.24) is 14.8 Å². The maximum Gasteiger partial charge on any atom is 0.154 e. The third-order valence-electron chi connectivity index (χ3n) is 2.94. The zero-order valence-electron chi connectivity index (χ0n) is 10.6. The Morgan fingerprint density at radius 3 is 2.65 bits per heavy atom. The Hall–Kier alpha value is -3.13. The molecule has 0 spiro atoms. The van der Waals surface area contributed by atoms with Crippen molar-refractivity contribution in [2.75, 3.05) is 5.73 Å². The van der Waals surface area contributed by atoms with Gasteiger partial charge in [0.05, 0.1) is 17.8 Å². The van der Waals surface area contributed by atoms with Crippen LogP contribution in [0, 0.1) is 11.3 Å². The van der Waals surface area contributed by atoms with Crippen molar-refractivity contribution in [3.05, 3.63) is 60.6 Å². The van der Waals surface area contributed by atoms with Crippen molar-refractivity contribution in [3.8, 4) is 23.0 Å². The van der Waals surface area contributed by atoms with Gasteiger partial charge in [-0.3, -0.25) is 0 Å². The van der Waals surface area contributed by atoms with Crippen LogP contribution in [0.25, 0.3) is 16.9 Å². The SMILES string of the molecule is N#Cc1ccnc(-n2cc(-c3ccc(N)cc3)cn2)c1. The quantitative estimate of drug-likeness (QED) is 0.718. The summed E-state index contributed by atoms with van der Waals surface area (Å²) in [6.07, 6.45) is 5.22. The summed E-state index contributed by atoms with van der Waals surface area (Å²) in [4.78, 5) is 4.21. The van der Waals surface area contributed by atoms with E-state index in [9.17, 15) is 0 Å². The normalized spacial score (nSPS) is 10.2. The van der Waals surface area contributed by atoms with E-state index in [1.54, 1.807) is 29.2 Å². The van der Waals surface area contributed by atoms with Crippen LogP contribution in [0.5, 0.6) is 0 Å². The molecular weight excluding hydrogens is 250 g/mol. The molecule has 2 heterocycles. The number of nitrogens with two attached hydrogens (primary N) is 1. The van der Waals surface area contributed by atoms with Gasteiger partial charge < -0.3 is 5.73 Å². The Morgan fingerprint density at radius 1 is 1.10 bits per heavy atom. The second-order valence-electron chi connectivity index (χ2n) is 4.31. The Balaban J connectivity index is 1.97. The van der Waals surface area contributed by atoms with E-state index in [1.165, 1.54) is 0 Å². The van der Waals surface area contributed by atoms with Crippen LogP contribution in [-0.2, 0) is 0 Å². The molecule has 0 aliphatic carbocycles. The van der Waals surface area contributed by atoms with E-state index in [0.29, 0.717) is 11.4 Å². The van der Waals surface area contributed by atoms with Crippen LogP contribution in [0.15, 0.2) is 55.0 Å². The van der Waals surface area contributed by atoms with Crippen LogP contribution in [-0.4, -0.2) is 14.8 Å². The highest BCUT2D eigenvalue weighted by Crippen LogP contribution is 2.20. The number of rotatable bonds is 2.